The van der Waals surface area contributed by atoms with E-state index in [1.807, 2.05) is 6.07 Å². The van der Waals surface area contributed by atoms with Crippen LogP contribution in [0.4, 0.5) is 0 Å². The Morgan fingerprint density at radius 3 is 2.83 bits per heavy atom. The molecule has 2 fully saturated rings. The van der Waals surface area contributed by atoms with Crippen molar-refractivity contribution in [1.82, 2.24) is 10.2 Å². The van der Waals surface area contributed by atoms with Gasteiger partial charge in [0.15, 0.2) is 0 Å². The highest BCUT2D eigenvalue weighted by Gasteiger charge is 2.44. The SMILES string of the molecule is O=C1CCN(Cc2ccccc2)CC12CCNC2. The Hall–Kier alpha value is -1.19. The molecule has 1 N–H and O–H groups in total. The molecule has 2 heterocycles. The molecule has 0 aromatic heterocycles. The molecule has 3 nitrogen and oxygen atoms in total. The van der Waals surface area contributed by atoms with Crippen LogP contribution in [0.5, 0.6) is 0 Å². The summed E-state index contributed by atoms with van der Waals surface area (Å²) in [6.45, 7) is 4.67. The summed E-state index contributed by atoms with van der Waals surface area (Å²) in [6.07, 6.45) is 1.73. The van der Waals surface area contributed by atoms with Crippen molar-refractivity contribution in [2.45, 2.75) is 19.4 Å². The molecule has 0 bridgehead atoms. The van der Waals surface area contributed by atoms with Crippen LogP contribution in [0, 0.1) is 5.41 Å². The first-order chi connectivity index (χ1) is 8.78. The van der Waals surface area contributed by atoms with E-state index in [2.05, 4.69) is 34.5 Å². The Bertz CT molecular complexity index is 423. The molecule has 18 heavy (non-hydrogen) atoms. The van der Waals surface area contributed by atoms with Crippen LogP contribution in [-0.2, 0) is 11.3 Å². The zero-order valence-corrected chi connectivity index (χ0v) is 10.7. The zero-order chi connectivity index (χ0) is 12.4. The van der Waals surface area contributed by atoms with Crippen molar-refractivity contribution in [2.24, 2.45) is 5.41 Å². The van der Waals surface area contributed by atoms with Crippen LogP contribution in [0.25, 0.3) is 0 Å². The summed E-state index contributed by atoms with van der Waals surface area (Å²) in [5.74, 6) is 0.469. The van der Waals surface area contributed by atoms with E-state index in [-0.39, 0.29) is 5.41 Å². The summed E-state index contributed by atoms with van der Waals surface area (Å²) in [4.78, 5) is 14.6. The Morgan fingerprint density at radius 2 is 2.11 bits per heavy atom. The van der Waals surface area contributed by atoms with Crippen molar-refractivity contribution in [3.63, 3.8) is 0 Å². The third-order valence-corrected chi connectivity index (χ3v) is 4.27. The quantitative estimate of drug-likeness (QED) is 0.854. The summed E-state index contributed by atoms with van der Waals surface area (Å²) < 4.78 is 0. The number of benzene rings is 1. The number of hydrogen-bond acceptors (Lipinski definition) is 3. The second kappa shape index (κ2) is 4.82. The first-order valence-electron chi connectivity index (χ1n) is 6.79. The largest absolute Gasteiger partial charge is 0.316 e. The number of nitrogens with one attached hydrogen (secondary N) is 1. The highest BCUT2D eigenvalue weighted by Crippen LogP contribution is 2.33. The monoisotopic (exact) mass is 244 g/mol. The Balaban J connectivity index is 1.70. The number of ketones is 1. The minimum atomic E-state index is -0.0902. The molecule has 3 rings (SSSR count). The molecule has 3 heteroatoms. The van der Waals surface area contributed by atoms with Crippen molar-refractivity contribution < 1.29 is 4.79 Å². The van der Waals surface area contributed by atoms with Crippen molar-refractivity contribution in [1.29, 1.82) is 0 Å². The van der Waals surface area contributed by atoms with Gasteiger partial charge in [0.25, 0.3) is 0 Å². The van der Waals surface area contributed by atoms with E-state index < -0.39 is 0 Å². The van der Waals surface area contributed by atoms with Gasteiger partial charge in [0.05, 0.1) is 5.41 Å². The number of hydrogen-bond donors (Lipinski definition) is 1. The lowest BCUT2D eigenvalue weighted by molar-refractivity contribution is -0.132. The molecule has 2 aliphatic rings. The summed E-state index contributed by atoms with van der Waals surface area (Å²) in [5, 5.41) is 3.35. The minimum absolute atomic E-state index is 0.0902. The average Bonchev–Trinajstić information content (AvgIpc) is 2.85. The van der Waals surface area contributed by atoms with Gasteiger partial charge in [-0.15, -0.1) is 0 Å². The number of likely N-dealkylation sites (tertiary alicyclic amines) is 1. The van der Waals surface area contributed by atoms with Gasteiger partial charge in [0, 0.05) is 32.6 Å². The maximum atomic E-state index is 12.1. The van der Waals surface area contributed by atoms with Gasteiger partial charge >= 0.3 is 0 Å². The number of carbonyl (C=O) groups excluding carboxylic acids is 1. The zero-order valence-electron chi connectivity index (χ0n) is 10.7. The fourth-order valence-electron chi connectivity index (χ4n) is 3.21. The smallest absolute Gasteiger partial charge is 0.142 e. The molecule has 0 aliphatic carbocycles. The maximum Gasteiger partial charge on any atom is 0.142 e. The van der Waals surface area contributed by atoms with Gasteiger partial charge in [-0.3, -0.25) is 9.69 Å². The summed E-state index contributed by atoms with van der Waals surface area (Å²) in [7, 11) is 0. The first kappa shape index (κ1) is 11.9. The molecule has 96 valence electrons. The second-order valence-electron chi connectivity index (χ2n) is 5.58. The molecule has 0 amide bonds. The van der Waals surface area contributed by atoms with Crippen molar-refractivity contribution in [3.05, 3.63) is 35.9 Å². The average molecular weight is 244 g/mol. The predicted octanol–water partition coefficient (Wildman–Crippen LogP) is 1.44. The second-order valence-corrected chi connectivity index (χ2v) is 5.58. The van der Waals surface area contributed by atoms with Crippen molar-refractivity contribution >= 4 is 5.78 Å². The van der Waals surface area contributed by atoms with Crippen molar-refractivity contribution in [3.8, 4) is 0 Å². The van der Waals surface area contributed by atoms with Crippen LogP contribution in [0.15, 0.2) is 30.3 Å². The maximum absolute atomic E-state index is 12.1. The third-order valence-electron chi connectivity index (χ3n) is 4.27. The Morgan fingerprint density at radius 1 is 1.28 bits per heavy atom. The van der Waals surface area contributed by atoms with Gasteiger partial charge in [-0.2, -0.15) is 0 Å². The normalized spacial score (nSPS) is 29.0. The molecule has 1 aromatic carbocycles. The fourth-order valence-corrected chi connectivity index (χ4v) is 3.21. The van der Waals surface area contributed by atoms with Crippen LogP contribution in [0.2, 0.25) is 0 Å². The molecule has 1 atom stereocenters. The molecule has 0 saturated carbocycles. The fraction of sp³-hybridized carbons (Fsp3) is 0.533. The molecule has 2 aliphatic heterocycles. The molecular weight excluding hydrogens is 224 g/mol. The van der Waals surface area contributed by atoms with E-state index in [9.17, 15) is 4.79 Å². The summed E-state index contributed by atoms with van der Waals surface area (Å²) in [5.41, 5.74) is 1.25. The molecule has 1 aromatic rings. The number of piperidine rings is 1. The van der Waals surface area contributed by atoms with Crippen LogP contribution in [0.1, 0.15) is 18.4 Å². The minimum Gasteiger partial charge on any atom is -0.316 e. The Kier molecular flexibility index (Phi) is 3.18. The lowest BCUT2D eigenvalue weighted by Crippen LogP contribution is -2.50. The van der Waals surface area contributed by atoms with Gasteiger partial charge in [-0.05, 0) is 18.5 Å². The molecule has 2 saturated heterocycles. The van der Waals surface area contributed by atoms with Crippen LogP contribution in [-0.4, -0.2) is 36.9 Å². The number of nitrogens with zero attached hydrogens (tertiary/aromatic N) is 1. The van der Waals surface area contributed by atoms with Gasteiger partial charge in [-0.1, -0.05) is 30.3 Å². The summed E-state index contributed by atoms with van der Waals surface area (Å²) in [6, 6.07) is 10.5. The third kappa shape index (κ3) is 2.20. The highest BCUT2D eigenvalue weighted by molar-refractivity contribution is 5.86. The Labute approximate surface area is 108 Å². The van der Waals surface area contributed by atoms with Gasteiger partial charge in [-0.25, -0.2) is 0 Å². The van der Waals surface area contributed by atoms with Crippen molar-refractivity contribution in [2.75, 3.05) is 26.2 Å². The molecular formula is C15H20N2O. The number of carbonyl (C=O) groups is 1. The van der Waals surface area contributed by atoms with Gasteiger partial charge in [0.2, 0.25) is 0 Å². The summed E-state index contributed by atoms with van der Waals surface area (Å²) >= 11 is 0. The lowest BCUT2D eigenvalue weighted by atomic mass is 9.78. The number of Topliss-reactive ketones (excluding diaryl/α,β-unsaturated/α-hetero) is 1. The molecule has 0 radical (unpaired) electrons. The highest BCUT2D eigenvalue weighted by atomic mass is 16.1. The van der Waals surface area contributed by atoms with E-state index in [0.717, 1.165) is 39.1 Å². The van der Waals surface area contributed by atoms with Crippen LogP contribution >= 0.6 is 0 Å². The van der Waals surface area contributed by atoms with E-state index in [1.165, 1.54) is 5.56 Å². The van der Waals surface area contributed by atoms with E-state index in [4.69, 9.17) is 0 Å². The van der Waals surface area contributed by atoms with E-state index >= 15 is 0 Å². The van der Waals surface area contributed by atoms with Gasteiger partial charge in [0.1, 0.15) is 5.78 Å². The molecule has 1 spiro atoms. The van der Waals surface area contributed by atoms with E-state index in [0.29, 0.717) is 12.2 Å². The predicted molar refractivity (Wildman–Crippen MR) is 71.3 cm³/mol. The van der Waals surface area contributed by atoms with Crippen LogP contribution in [0.3, 0.4) is 0 Å². The molecule has 1 unspecified atom stereocenters. The first-order valence-corrected chi connectivity index (χ1v) is 6.79. The topological polar surface area (TPSA) is 32.3 Å². The van der Waals surface area contributed by atoms with E-state index in [1.54, 1.807) is 0 Å². The van der Waals surface area contributed by atoms with Gasteiger partial charge < -0.3 is 5.32 Å². The van der Waals surface area contributed by atoms with Crippen LogP contribution < -0.4 is 5.32 Å². The standard InChI is InChI=1S/C15H20N2O/c18-14-6-9-17(10-13-4-2-1-3-5-13)12-15(14)7-8-16-11-15/h1-5,16H,6-12H2. The number of rotatable bonds is 2. The lowest BCUT2D eigenvalue weighted by Gasteiger charge is -2.38.